The lowest BCUT2D eigenvalue weighted by Gasteiger charge is -2.20. The molecule has 1 aromatic rings. The summed E-state index contributed by atoms with van der Waals surface area (Å²) in [4.78, 5) is 11.8. The Hall–Kier alpha value is -1.06. The van der Waals surface area contributed by atoms with Gasteiger partial charge in [-0.25, -0.2) is 4.79 Å². The van der Waals surface area contributed by atoms with Crippen LogP contribution >= 0.6 is 11.6 Å². The highest BCUT2D eigenvalue weighted by Gasteiger charge is 2.22. The van der Waals surface area contributed by atoms with Crippen molar-refractivity contribution in [1.82, 2.24) is 5.32 Å². The molecular formula is C14H20ClNO2. The number of methoxy groups -OCH3 is 1. The zero-order chi connectivity index (χ0) is 13.7. The van der Waals surface area contributed by atoms with E-state index in [2.05, 4.69) is 19.2 Å². The predicted molar refractivity (Wildman–Crippen MR) is 73.8 cm³/mol. The first-order valence-corrected chi connectivity index (χ1v) is 6.40. The van der Waals surface area contributed by atoms with Gasteiger partial charge in [-0.2, -0.15) is 0 Å². The fraction of sp³-hybridized carbons (Fsp3) is 0.500. The van der Waals surface area contributed by atoms with Crippen LogP contribution in [0.5, 0.6) is 0 Å². The van der Waals surface area contributed by atoms with E-state index in [-0.39, 0.29) is 5.97 Å². The molecule has 0 fully saturated rings. The Balaban J connectivity index is 2.97. The molecule has 0 aromatic heterocycles. The second-order valence-electron chi connectivity index (χ2n) is 4.76. The highest BCUT2D eigenvalue weighted by molar-refractivity contribution is 6.30. The Labute approximate surface area is 113 Å². The van der Waals surface area contributed by atoms with E-state index in [1.54, 1.807) is 6.07 Å². The summed E-state index contributed by atoms with van der Waals surface area (Å²) < 4.78 is 4.85. The average molecular weight is 270 g/mol. The van der Waals surface area contributed by atoms with Crippen LogP contribution in [0, 0.1) is 12.8 Å². The molecule has 0 amide bonds. The third-order valence-corrected chi connectivity index (χ3v) is 2.95. The Kier molecular flexibility index (Phi) is 5.63. The van der Waals surface area contributed by atoms with E-state index in [9.17, 15) is 4.79 Å². The van der Waals surface area contributed by atoms with Gasteiger partial charge in [0.1, 0.15) is 6.04 Å². The minimum absolute atomic E-state index is 0.277. The van der Waals surface area contributed by atoms with E-state index in [0.29, 0.717) is 10.9 Å². The summed E-state index contributed by atoms with van der Waals surface area (Å²) in [7, 11) is 1.40. The fourth-order valence-electron chi connectivity index (χ4n) is 1.75. The second-order valence-corrected chi connectivity index (χ2v) is 5.20. The van der Waals surface area contributed by atoms with Crippen molar-refractivity contribution in [3.8, 4) is 0 Å². The first-order chi connectivity index (χ1) is 8.45. The average Bonchev–Trinajstić information content (AvgIpc) is 2.30. The van der Waals surface area contributed by atoms with Crippen molar-refractivity contribution in [2.24, 2.45) is 5.92 Å². The first-order valence-electron chi connectivity index (χ1n) is 6.03. The van der Waals surface area contributed by atoms with E-state index < -0.39 is 6.04 Å². The van der Waals surface area contributed by atoms with Crippen LogP contribution in [0.1, 0.15) is 31.0 Å². The molecule has 0 saturated heterocycles. The third-order valence-electron chi connectivity index (χ3n) is 2.71. The van der Waals surface area contributed by atoms with Crippen molar-refractivity contribution in [3.05, 3.63) is 34.3 Å². The van der Waals surface area contributed by atoms with Gasteiger partial charge < -0.3 is 10.1 Å². The smallest absolute Gasteiger partial charge is 0.327 e. The number of ether oxygens (including phenoxy) is 1. The fourth-order valence-corrected chi connectivity index (χ4v) is 1.98. The van der Waals surface area contributed by atoms with Crippen molar-refractivity contribution in [3.63, 3.8) is 0 Å². The molecule has 1 aromatic carbocycles. The third kappa shape index (κ3) is 4.00. The largest absolute Gasteiger partial charge is 0.468 e. The molecule has 0 radical (unpaired) electrons. The molecule has 0 heterocycles. The van der Waals surface area contributed by atoms with Gasteiger partial charge in [0.25, 0.3) is 0 Å². The first kappa shape index (κ1) is 15.0. The lowest BCUT2D eigenvalue weighted by atomic mass is 10.0. The molecule has 4 heteroatoms. The minimum Gasteiger partial charge on any atom is -0.468 e. The maximum atomic E-state index is 11.8. The molecule has 0 aliphatic rings. The number of benzene rings is 1. The molecule has 100 valence electrons. The summed E-state index contributed by atoms with van der Waals surface area (Å²) in [6, 6.07) is 5.07. The zero-order valence-corrected chi connectivity index (χ0v) is 12.0. The topological polar surface area (TPSA) is 38.3 Å². The summed E-state index contributed by atoms with van der Waals surface area (Å²) >= 11 is 5.93. The van der Waals surface area contributed by atoms with Crippen LogP contribution < -0.4 is 5.32 Å². The number of carbonyl (C=O) groups is 1. The summed E-state index contributed by atoms with van der Waals surface area (Å²) in [5.41, 5.74) is 1.89. The van der Waals surface area contributed by atoms with Crippen molar-refractivity contribution in [2.45, 2.75) is 26.8 Å². The van der Waals surface area contributed by atoms with E-state index >= 15 is 0 Å². The molecule has 1 atom stereocenters. The standard InChI is InChI=1S/C14H20ClNO2/c1-9(2)8-16-13(14(17)18-4)12-6-5-11(15)7-10(12)3/h5-7,9,13,16H,8H2,1-4H3. The SMILES string of the molecule is COC(=O)C(NCC(C)C)c1ccc(Cl)cc1C. The Morgan fingerprint density at radius 2 is 2.11 bits per heavy atom. The van der Waals surface area contributed by atoms with E-state index in [4.69, 9.17) is 16.3 Å². The molecule has 1 unspecified atom stereocenters. The maximum absolute atomic E-state index is 11.8. The van der Waals surface area contributed by atoms with Crippen molar-refractivity contribution in [1.29, 1.82) is 0 Å². The number of nitrogens with one attached hydrogen (secondary N) is 1. The molecule has 0 saturated carbocycles. The van der Waals surface area contributed by atoms with Crippen LogP contribution in [-0.4, -0.2) is 19.6 Å². The molecule has 18 heavy (non-hydrogen) atoms. The van der Waals surface area contributed by atoms with Gasteiger partial charge in [0.05, 0.1) is 7.11 Å². The van der Waals surface area contributed by atoms with Crippen LogP contribution in [0.25, 0.3) is 0 Å². The van der Waals surface area contributed by atoms with Crippen molar-refractivity contribution >= 4 is 17.6 Å². The number of hydrogen-bond acceptors (Lipinski definition) is 3. The minimum atomic E-state index is -0.435. The van der Waals surface area contributed by atoms with E-state index in [0.717, 1.165) is 17.7 Å². The van der Waals surface area contributed by atoms with Crippen molar-refractivity contribution in [2.75, 3.05) is 13.7 Å². The Morgan fingerprint density at radius 3 is 2.61 bits per heavy atom. The van der Waals surface area contributed by atoms with Gasteiger partial charge in [0.2, 0.25) is 0 Å². The van der Waals surface area contributed by atoms with Gasteiger partial charge in [0.15, 0.2) is 0 Å². The molecule has 0 aliphatic heterocycles. The highest BCUT2D eigenvalue weighted by Crippen LogP contribution is 2.22. The van der Waals surface area contributed by atoms with Gasteiger partial charge in [-0.05, 0) is 42.6 Å². The molecule has 0 aliphatic carbocycles. The van der Waals surface area contributed by atoms with Crippen LogP contribution in [0.4, 0.5) is 0 Å². The molecular weight excluding hydrogens is 250 g/mol. The normalized spacial score (nSPS) is 12.6. The molecule has 0 spiro atoms. The van der Waals surface area contributed by atoms with Crippen LogP contribution in [-0.2, 0) is 9.53 Å². The quantitative estimate of drug-likeness (QED) is 0.835. The van der Waals surface area contributed by atoms with Crippen molar-refractivity contribution < 1.29 is 9.53 Å². The summed E-state index contributed by atoms with van der Waals surface area (Å²) in [6.45, 7) is 6.88. The van der Waals surface area contributed by atoms with Crippen LogP contribution in [0.2, 0.25) is 5.02 Å². The molecule has 1 N–H and O–H groups in total. The maximum Gasteiger partial charge on any atom is 0.327 e. The van der Waals surface area contributed by atoms with E-state index in [1.165, 1.54) is 7.11 Å². The lowest BCUT2D eigenvalue weighted by Crippen LogP contribution is -2.32. The Morgan fingerprint density at radius 1 is 1.44 bits per heavy atom. The monoisotopic (exact) mass is 269 g/mol. The van der Waals surface area contributed by atoms with Gasteiger partial charge >= 0.3 is 5.97 Å². The summed E-state index contributed by atoms with van der Waals surface area (Å²) in [5, 5.41) is 3.90. The summed E-state index contributed by atoms with van der Waals surface area (Å²) in [6.07, 6.45) is 0. The zero-order valence-electron chi connectivity index (χ0n) is 11.3. The number of esters is 1. The van der Waals surface area contributed by atoms with Gasteiger partial charge in [-0.3, -0.25) is 0 Å². The number of rotatable bonds is 5. The second kappa shape index (κ2) is 6.76. The van der Waals surface area contributed by atoms with Crippen LogP contribution in [0.15, 0.2) is 18.2 Å². The number of aryl methyl sites for hydroxylation is 1. The number of halogens is 1. The number of hydrogen-bond donors (Lipinski definition) is 1. The summed E-state index contributed by atoms with van der Waals surface area (Å²) in [5.74, 6) is 0.186. The van der Waals surface area contributed by atoms with E-state index in [1.807, 2.05) is 19.1 Å². The highest BCUT2D eigenvalue weighted by atomic mass is 35.5. The number of carbonyl (C=O) groups excluding carboxylic acids is 1. The molecule has 1 rings (SSSR count). The Bertz CT molecular complexity index is 418. The molecule has 3 nitrogen and oxygen atoms in total. The van der Waals surface area contributed by atoms with Gasteiger partial charge in [-0.15, -0.1) is 0 Å². The predicted octanol–water partition coefficient (Wildman–Crippen LogP) is 3.11. The van der Waals surface area contributed by atoms with Gasteiger partial charge in [-0.1, -0.05) is 31.5 Å². The molecule has 0 bridgehead atoms. The van der Waals surface area contributed by atoms with Gasteiger partial charge in [0, 0.05) is 5.02 Å². The van der Waals surface area contributed by atoms with Crippen LogP contribution in [0.3, 0.4) is 0 Å². The lowest BCUT2D eigenvalue weighted by molar-refractivity contribution is -0.143.